The molecule has 1 fully saturated rings. The number of anilines is 1. The highest BCUT2D eigenvalue weighted by atomic mass is 35.5. The number of carbonyl (C=O) groups excluding carboxylic acids is 2. The topological polar surface area (TPSA) is 86.8 Å². The highest BCUT2D eigenvalue weighted by molar-refractivity contribution is 7.92. The van der Waals surface area contributed by atoms with Crippen molar-refractivity contribution >= 4 is 73.9 Å². The summed E-state index contributed by atoms with van der Waals surface area (Å²) in [5.74, 6) is -0.976. The molecule has 0 bridgehead atoms. The molecule has 0 heterocycles. The van der Waals surface area contributed by atoms with Gasteiger partial charge in [-0.05, 0) is 48.7 Å². The lowest BCUT2D eigenvalue weighted by atomic mass is 9.94. The van der Waals surface area contributed by atoms with Crippen LogP contribution in [0.2, 0.25) is 20.1 Å². The summed E-state index contributed by atoms with van der Waals surface area (Å²) < 4.78 is 26.9. The Morgan fingerprint density at radius 2 is 1.53 bits per heavy atom. The molecule has 1 saturated carbocycles. The number of hydrogen-bond donors (Lipinski definition) is 1. The fraction of sp³-hybridized carbons (Fsp3) is 0.355. The van der Waals surface area contributed by atoms with E-state index in [2.05, 4.69) is 5.32 Å². The van der Waals surface area contributed by atoms with Gasteiger partial charge in [0.05, 0.1) is 17.0 Å². The van der Waals surface area contributed by atoms with E-state index in [-0.39, 0.29) is 40.6 Å². The van der Waals surface area contributed by atoms with Crippen LogP contribution in [0.25, 0.3) is 0 Å². The molecular weight excluding hydrogens is 652 g/mol. The SMILES string of the molecule is CS(=O)(=O)N(CC(=O)N(Cc1c(Cl)cccc1Cl)C(Cc1ccccc1)C(=O)NC1CCCCC1)c1cc(Cl)ccc1Cl. The molecule has 1 N–H and O–H groups in total. The van der Waals surface area contributed by atoms with Gasteiger partial charge in [0, 0.05) is 39.6 Å². The molecule has 230 valence electrons. The maximum atomic E-state index is 14.3. The summed E-state index contributed by atoms with van der Waals surface area (Å²) in [6.45, 7) is -0.767. The lowest BCUT2D eigenvalue weighted by Crippen LogP contribution is -2.55. The minimum atomic E-state index is -4.01. The molecule has 3 aromatic carbocycles. The van der Waals surface area contributed by atoms with Gasteiger partial charge in [-0.3, -0.25) is 13.9 Å². The zero-order chi connectivity index (χ0) is 31.1. The Balaban J connectivity index is 1.78. The average Bonchev–Trinajstić information content (AvgIpc) is 2.96. The van der Waals surface area contributed by atoms with Crippen molar-refractivity contribution in [2.45, 2.75) is 57.2 Å². The van der Waals surface area contributed by atoms with Gasteiger partial charge in [0.2, 0.25) is 21.8 Å². The van der Waals surface area contributed by atoms with Gasteiger partial charge in [0.25, 0.3) is 0 Å². The number of carbonyl (C=O) groups is 2. The molecule has 0 spiro atoms. The van der Waals surface area contributed by atoms with Gasteiger partial charge in [-0.2, -0.15) is 0 Å². The van der Waals surface area contributed by atoms with E-state index in [0.717, 1.165) is 48.2 Å². The zero-order valence-corrected chi connectivity index (χ0v) is 27.5. The molecular formula is C31H33Cl4N3O4S. The summed E-state index contributed by atoms with van der Waals surface area (Å²) in [6, 6.07) is 17.7. The molecule has 1 atom stereocenters. The third-order valence-corrected chi connectivity index (χ3v) is 9.86. The monoisotopic (exact) mass is 683 g/mol. The molecule has 1 aliphatic carbocycles. The third kappa shape index (κ3) is 9.02. The van der Waals surface area contributed by atoms with Gasteiger partial charge in [-0.25, -0.2) is 8.42 Å². The highest BCUT2D eigenvalue weighted by Crippen LogP contribution is 2.32. The van der Waals surface area contributed by atoms with Crippen LogP contribution >= 0.6 is 46.4 Å². The predicted octanol–water partition coefficient (Wildman–Crippen LogP) is 7.16. The Labute approximate surface area is 273 Å². The van der Waals surface area contributed by atoms with Crippen LogP contribution in [0.5, 0.6) is 0 Å². The first kappa shape index (κ1) is 33.4. The van der Waals surface area contributed by atoms with Crippen molar-refractivity contribution in [1.82, 2.24) is 10.2 Å². The molecule has 2 amide bonds. The van der Waals surface area contributed by atoms with E-state index in [4.69, 9.17) is 46.4 Å². The van der Waals surface area contributed by atoms with Crippen molar-refractivity contribution in [3.63, 3.8) is 0 Å². The van der Waals surface area contributed by atoms with Gasteiger partial charge in [-0.1, -0.05) is 102 Å². The van der Waals surface area contributed by atoms with Crippen molar-refractivity contribution in [2.75, 3.05) is 17.1 Å². The summed E-state index contributed by atoms with van der Waals surface area (Å²) in [5, 5.41) is 4.12. The number of halogens is 4. The predicted molar refractivity (Wildman–Crippen MR) is 175 cm³/mol. The summed E-state index contributed by atoms with van der Waals surface area (Å²) in [6.07, 6.45) is 6.00. The van der Waals surface area contributed by atoms with Crippen molar-refractivity contribution in [3.8, 4) is 0 Å². The Morgan fingerprint density at radius 1 is 0.884 bits per heavy atom. The number of rotatable bonds is 11. The molecule has 0 aromatic heterocycles. The van der Waals surface area contributed by atoms with Crippen LogP contribution in [0.15, 0.2) is 66.7 Å². The van der Waals surface area contributed by atoms with Crippen molar-refractivity contribution in [1.29, 1.82) is 0 Å². The summed E-state index contributed by atoms with van der Waals surface area (Å²) >= 11 is 25.6. The first-order valence-electron chi connectivity index (χ1n) is 13.9. The van der Waals surface area contributed by atoms with Crippen LogP contribution in [-0.2, 0) is 32.6 Å². The number of benzene rings is 3. The minimum absolute atomic E-state index is 0.0156. The van der Waals surface area contributed by atoms with Crippen LogP contribution in [-0.4, -0.2) is 50.0 Å². The summed E-state index contributed by atoms with van der Waals surface area (Å²) in [7, 11) is -4.01. The molecule has 3 aromatic rings. The van der Waals surface area contributed by atoms with E-state index in [1.807, 2.05) is 30.3 Å². The fourth-order valence-electron chi connectivity index (χ4n) is 5.22. The zero-order valence-electron chi connectivity index (χ0n) is 23.6. The molecule has 4 rings (SSSR count). The highest BCUT2D eigenvalue weighted by Gasteiger charge is 2.35. The minimum Gasteiger partial charge on any atom is -0.352 e. The van der Waals surface area contributed by atoms with Crippen molar-refractivity contribution < 1.29 is 18.0 Å². The van der Waals surface area contributed by atoms with Crippen molar-refractivity contribution in [3.05, 3.63) is 97.9 Å². The first-order valence-corrected chi connectivity index (χ1v) is 17.3. The maximum Gasteiger partial charge on any atom is 0.244 e. The van der Waals surface area contributed by atoms with Gasteiger partial charge < -0.3 is 10.2 Å². The van der Waals surface area contributed by atoms with E-state index < -0.39 is 28.5 Å². The molecule has 1 aliphatic rings. The molecule has 43 heavy (non-hydrogen) atoms. The fourth-order valence-corrected chi connectivity index (χ4v) is 7.03. The lowest BCUT2D eigenvalue weighted by molar-refractivity contribution is -0.140. The van der Waals surface area contributed by atoms with Gasteiger partial charge >= 0.3 is 0 Å². The van der Waals surface area contributed by atoms with Gasteiger partial charge in [0.15, 0.2) is 0 Å². The van der Waals surface area contributed by atoms with E-state index in [1.54, 1.807) is 18.2 Å². The van der Waals surface area contributed by atoms with E-state index >= 15 is 0 Å². The number of amides is 2. The number of nitrogens with one attached hydrogen (secondary N) is 1. The quantitative estimate of drug-likeness (QED) is 0.232. The number of sulfonamides is 1. The van der Waals surface area contributed by atoms with Gasteiger partial charge in [0.1, 0.15) is 12.6 Å². The number of hydrogen-bond acceptors (Lipinski definition) is 4. The molecule has 12 heteroatoms. The van der Waals surface area contributed by atoms with Crippen LogP contribution in [0.4, 0.5) is 5.69 Å². The van der Waals surface area contributed by atoms with Crippen LogP contribution in [0.3, 0.4) is 0 Å². The van der Waals surface area contributed by atoms with Crippen molar-refractivity contribution in [2.24, 2.45) is 0 Å². The van der Waals surface area contributed by atoms with E-state index in [0.29, 0.717) is 15.6 Å². The molecule has 1 unspecified atom stereocenters. The van der Waals surface area contributed by atoms with Gasteiger partial charge in [-0.15, -0.1) is 0 Å². The lowest BCUT2D eigenvalue weighted by Gasteiger charge is -2.35. The molecule has 0 radical (unpaired) electrons. The average molecular weight is 686 g/mol. The number of nitrogens with zero attached hydrogens (tertiary/aromatic N) is 2. The standard InChI is InChI=1S/C31H33Cl4N3O4S/c1-43(41,42)38(28-18-22(32)15-16-27(28)35)20-30(39)37(19-24-25(33)13-8-14-26(24)34)29(17-21-9-4-2-5-10-21)31(40)36-23-11-6-3-7-12-23/h2,4-5,8-10,13-16,18,23,29H,3,6-7,11-12,17,19-20H2,1H3,(H,36,40). The summed E-state index contributed by atoms with van der Waals surface area (Å²) in [5.41, 5.74) is 1.31. The van der Waals surface area contributed by atoms with Crippen LogP contribution in [0.1, 0.15) is 43.2 Å². The second-order valence-electron chi connectivity index (χ2n) is 10.6. The Morgan fingerprint density at radius 3 is 2.16 bits per heavy atom. The second kappa shape index (κ2) is 15.0. The van der Waals surface area contributed by atoms with E-state index in [1.165, 1.54) is 23.1 Å². The molecule has 0 saturated heterocycles. The third-order valence-electron chi connectivity index (χ3n) is 7.47. The Kier molecular flexibility index (Phi) is 11.6. The molecule has 7 nitrogen and oxygen atoms in total. The normalized spacial score (nSPS) is 14.6. The second-order valence-corrected chi connectivity index (χ2v) is 14.2. The Bertz CT molecular complexity index is 1530. The largest absolute Gasteiger partial charge is 0.352 e. The van der Waals surface area contributed by atoms with Crippen LogP contribution in [0, 0.1) is 0 Å². The summed E-state index contributed by atoms with van der Waals surface area (Å²) in [4.78, 5) is 29.7. The first-order chi connectivity index (χ1) is 20.4. The van der Waals surface area contributed by atoms with Crippen LogP contribution < -0.4 is 9.62 Å². The van der Waals surface area contributed by atoms with E-state index in [9.17, 15) is 18.0 Å². The smallest absolute Gasteiger partial charge is 0.244 e. The maximum absolute atomic E-state index is 14.3. The molecule has 0 aliphatic heterocycles. The Hall–Kier alpha value is -2.49.